The standard InChI is InChI=1S/C14H17N3O2/c1-10(2)17-9-8-12(16-14(17)19)15-13(18)11-6-4-3-5-7-11/h3-10,14,19H,1-2H3,(H,15,16,18). The maximum absolute atomic E-state index is 11.9. The number of carbonyl (C=O) groups is 1. The molecule has 2 N–H and O–H groups in total. The average Bonchev–Trinajstić information content (AvgIpc) is 2.39. The highest BCUT2D eigenvalue weighted by molar-refractivity contribution is 6.10. The van der Waals surface area contributed by atoms with Crippen LogP contribution in [0.3, 0.4) is 0 Å². The van der Waals surface area contributed by atoms with Crippen molar-refractivity contribution in [3.8, 4) is 0 Å². The second kappa shape index (κ2) is 5.67. The number of nitrogens with one attached hydrogen (secondary N) is 1. The Hall–Kier alpha value is -2.14. The van der Waals surface area contributed by atoms with Gasteiger partial charge in [-0.2, -0.15) is 0 Å². The van der Waals surface area contributed by atoms with Crippen molar-refractivity contribution in [1.29, 1.82) is 0 Å². The van der Waals surface area contributed by atoms with Crippen molar-refractivity contribution in [1.82, 2.24) is 10.2 Å². The minimum absolute atomic E-state index is 0.140. The first kappa shape index (κ1) is 13.3. The molecule has 100 valence electrons. The number of aliphatic hydroxyl groups excluding tert-OH is 1. The van der Waals surface area contributed by atoms with Gasteiger partial charge in [-0.1, -0.05) is 18.2 Å². The number of carbonyl (C=O) groups excluding carboxylic acids is 1. The Morgan fingerprint density at radius 1 is 1.37 bits per heavy atom. The summed E-state index contributed by atoms with van der Waals surface area (Å²) in [5, 5.41) is 12.5. The highest BCUT2D eigenvalue weighted by Crippen LogP contribution is 2.10. The van der Waals surface area contributed by atoms with Crippen LogP contribution >= 0.6 is 0 Å². The maximum atomic E-state index is 11.9. The van der Waals surface area contributed by atoms with Gasteiger partial charge in [0.25, 0.3) is 5.91 Å². The molecule has 1 amide bonds. The average molecular weight is 259 g/mol. The zero-order chi connectivity index (χ0) is 13.8. The number of hydrogen-bond acceptors (Lipinski definition) is 4. The lowest BCUT2D eigenvalue weighted by atomic mass is 10.2. The Morgan fingerprint density at radius 2 is 2.05 bits per heavy atom. The van der Waals surface area contributed by atoms with E-state index in [4.69, 9.17) is 0 Å². The monoisotopic (exact) mass is 259 g/mol. The van der Waals surface area contributed by atoms with Crippen LogP contribution in [-0.4, -0.2) is 34.1 Å². The van der Waals surface area contributed by atoms with Gasteiger partial charge in [-0.15, -0.1) is 0 Å². The SMILES string of the molecule is CC(C)N1C=CC(NC(=O)c2ccccc2)=NC1O. The number of rotatable bonds is 2. The molecule has 5 heteroatoms. The first-order valence-corrected chi connectivity index (χ1v) is 6.16. The predicted octanol–water partition coefficient (Wildman–Crippen LogP) is 1.33. The molecular weight excluding hydrogens is 242 g/mol. The minimum Gasteiger partial charge on any atom is -0.355 e. The third kappa shape index (κ3) is 3.20. The van der Waals surface area contributed by atoms with Gasteiger partial charge in [0.05, 0.1) is 0 Å². The number of amidine groups is 1. The van der Waals surface area contributed by atoms with Gasteiger partial charge < -0.3 is 15.3 Å². The van der Waals surface area contributed by atoms with Gasteiger partial charge in [0.15, 0.2) is 0 Å². The zero-order valence-corrected chi connectivity index (χ0v) is 10.9. The van der Waals surface area contributed by atoms with Crippen LogP contribution in [0.5, 0.6) is 0 Å². The van der Waals surface area contributed by atoms with Crippen LogP contribution in [0.4, 0.5) is 0 Å². The normalized spacial score (nSPS) is 18.4. The van der Waals surface area contributed by atoms with Crippen LogP contribution in [0.1, 0.15) is 24.2 Å². The molecule has 1 unspecified atom stereocenters. The third-order valence-corrected chi connectivity index (χ3v) is 2.80. The number of amides is 1. The van der Waals surface area contributed by atoms with E-state index in [2.05, 4.69) is 10.3 Å². The molecule has 1 heterocycles. The summed E-state index contributed by atoms with van der Waals surface area (Å²) in [6, 6.07) is 9.02. The number of aliphatic hydroxyl groups is 1. The fourth-order valence-corrected chi connectivity index (χ4v) is 1.76. The third-order valence-electron chi connectivity index (χ3n) is 2.80. The van der Waals surface area contributed by atoms with Crippen molar-refractivity contribution in [3.63, 3.8) is 0 Å². The number of hydrogen-bond donors (Lipinski definition) is 2. The quantitative estimate of drug-likeness (QED) is 0.842. The Bertz CT molecular complexity index is 509. The summed E-state index contributed by atoms with van der Waals surface area (Å²) in [5.74, 6) is 0.118. The van der Waals surface area contributed by atoms with Crippen LogP contribution < -0.4 is 5.32 Å². The van der Waals surface area contributed by atoms with Crippen molar-refractivity contribution in [2.45, 2.75) is 26.2 Å². The first-order chi connectivity index (χ1) is 9.08. The van der Waals surface area contributed by atoms with Gasteiger partial charge in [-0.05, 0) is 32.1 Å². The van der Waals surface area contributed by atoms with Crippen LogP contribution in [-0.2, 0) is 0 Å². The molecule has 0 fully saturated rings. The Kier molecular flexibility index (Phi) is 3.97. The fraction of sp³-hybridized carbons (Fsp3) is 0.286. The smallest absolute Gasteiger partial charge is 0.256 e. The zero-order valence-electron chi connectivity index (χ0n) is 10.9. The van der Waals surface area contributed by atoms with E-state index in [9.17, 15) is 9.90 Å². The van der Waals surface area contributed by atoms with Gasteiger partial charge in [0.1, 0.15) is 5.84 Å². The minimum atomic E-state index is -0.962. The molecule has 0 aliphatic carbocycles. The van der Waals surface area contributed by atoms with Crippen LogP contribution in [0.2, 0.25) is 0 Å². The highest BCUT2D eigenvalue weighted by Gasteiger charge is 2.19. The molecule has 0 bridgehead atoms. The summed E-state index contributed by atoms with van der Waals surface area (Å²) in [4.78, 5) is 17.6. The largest absolute Gasteiger partial charge is 0.355 e. The lowest BCUT2D eigenvalue weighted by Gasteiger charge is -2.30. The van der Waals surface area contributed by atoms with Gasteiger partial charge >= 0.3 is 0 Å². The van der Waals surface area contributed by atoms with E-state index in [1.165, 1.54) is 0 Å². The van der Waals surface area contributed by atoms with Crippen molar-refractivity contribution in [2.24, 2.45) is 4.99 Å². The molecule has 0 saturated carbocycles. The van der Waals surface area contributed by atoms with Crippen molar-refractivity contribution in [3.05, 3.63) is 48.2 Å². The summed E-state index contributed by atoms with van der Waals surface area (Å²) in [6.45, 7) is 3.91. The summed E-state index contributed by atoms with van der Waals surface area (Å²) < 4.78 is 0. The molecular formula is C14H17N3O2. The second-order valence-electron chi connectivity index (χ2n) is 4.54. The van der Waals surface area contributed by atoms with Crippen LogP contribution in [0.25, 0.3) is 0 Å². The molecule has 5 nitrogen and oxygen atoms in total. The molecule has 2 rings (SSSR count). The summed E-state index contributed by atoms with van der Waals surface area (Å²) >= 11 is 0. The van der Waals surface area contributed by atoms with Crippen molar-refractivity contribution < 1.29 is 9.90 Å². The summed E-state index contributed by atoms with van der Waals surface area (Å²) in [5.41, 5.74) is 0.555. The van der Waals surface area contributed by atoms with E-state index in [0.29, 0.717) is 11.4 Å². The topological polar surface area (TPSA) is 64.9 Å². The van der Waals surface area contributed by atoms with Gasteiger partial charge in [0.2, 0.25) is 6.35 Å². The predicted molar refractivity (Wildman–Crippen MR) is 73.5 cm³/mol. The Balaban J connectivity index is 2.04. The molecule has 1 atom stereocenters. The molecule has 0 saturated heterocycles. The maximum Gasteiger partial charge on any atom is 0.256 e. The lowest BCUT2D eigenvalue weighted by Crippen LogP contribution is -2.41. The van der Waals surface area contributed by atoms with Crippen LogP contribution in [0, 0.1) is 0 Å². The molecule has 1 aliphatic rings. The number of aliphatic imine (C=N–C) groups is 1. The van der Waals surface area contributed by atoms with Crippen molar-refractivity contribution >= 4 is 11.7 Å². The van der Waals surface area contributed by atoms with E-state index in [0.717, 1.165) is 0 Å². The second-order valence-corrected chi connectivity index (χ2v) is 4.54. The lowest BCUT2D eigenvalue weighted by molar-refractivity contribution is 0.0248. The van der Waals surface area contributed by atoms with E-state index in [1.807, 2.05) is 19.9 Å². The van der Waals surface area contributed by atoms with E-state index < -0.39 is 6.35 Å². The van der Waals surface area contributed by atoms with E-state index in [1.54, 1.807) is 41.4 Å². The van der Waals surface area contributed by atoms with Gasteiger partial charge in [-0.25, -0.2) is 4.99 Å². The number of benzene rings is 1. The number of nitrogens with zero attached hydrogens (tertiary/aromatic N) is 2. The molecule has 0 aromatic heterocycles. The molecule has 19 heavy (non-hydrogen) atoms. The Labute approximate surface area is 112 Å². The van der Waals surface area contributed by atoms with E-state index in [-0.39, 0.29) is 11.9 Å². The van der Waals surface area contributed by atoms with E-state index >= 15 is 0 Å². The molecule has 1 aliphatic heterocycles. The summed E-state index contributed by atoms with van der Waals surface area (Å²) in [7, 11) is 0. The van der Waals surface area contributed by atoms with Gasteiger partial charge in [-0.3, -0.25) is 4.79 Å². The highest BCUT2D eigenvalue weighted by atomic mass is 16.3. The first-order valence-electron chi connectivity index (χ1n) is 6.16. The summed E-state index contributed by atoms with van der Waals surface area (Å²) in [6.07, 6.45) is 2.44. The van der Waals surface area contributed by atoms with Crippen LogP contribution in [0.15, 0.2) is 47.6 Å². The fourth-order valence-electron chi connectivity index (χ4n) is 1.76. The molecule has 0 spiro atoms. The van der Waals surface area contributed by atoms with Crippen molar-refractivity contribution in [2.75, 3.05) is 0 Å². The molecule has 1 aromatic carbocycles. The van der Waals surface area contributed by atoms with Gasteiger partial charge in [0, 0.05) is 17.8 Å². The Morgan fingerprint density at radius 3 is 2.63 bits per heavy atom. The molecule has 0 radical (unpaired) electrons. The molecule has 1 aromatic rings.